The smallest absolute Gasteiger partial charge is 0.251 e. The van der Waals surface area contributed by atoms with Gasteiger partial charge in [-0.1, -0.05) is 19.0 Å². The fourth-order valence-electron chi connectivity index (χ4n) is 2.17. The number of carbonyl (C=O) groups excluding carboxylic acids is 1. The van der Waals surface area contributed by atoms with Crippen LogP contribution in [0.4, 0.5) is 0 Å². The van der Waals surface area contributed by atoms with Crippen LogP contribution in [0.3, 0.4) is 0 Å². The van der Waals surface area contributed by atoms with Crippen molar-refractivity contribution in [1.29, 1.82) is 0 Å². The van der Waals surface area contributed by atoms with Crippen LogP contribution in [0.1, 0.15) is 41.6 Å². The van der Waals surface area contributed by atoms with Gasteiger partial charge in [-0.25, -0.2) is 0 Å². The van der Waals surface area contributed by atoms with Crippen molar-refractivity contribution in [2.75, 3.05) is 21.3 Å². The molecular weight excluding hydrogens is 312 g/mol. The number of ether oxygens (including phenoxy) is 3. The van der Waals surface area contributed by atoms with Crippen molar-refractivity contribution in [2.45, 2.75) is 26.3 Å². The molecule has 0 unspecified atom stereocenters. The number of rotatable bonds is 7. The Kier molecular flexibility index (Phi) is 5.68. The van der Waals surface area contributed by atoms with Gasteiger partial charge in [-0.3, -0.25) is 4.79 Å². The molecule has 0 fully saturated rings. The van der Waals surface area contributed by atoms with Gasteiger partial charge in [-0.05, 0) is 18.1 Å². The van der Waals surface area contributed by atoms with Crippen LogP contribution in [0.2, 0.25) is 0 Å². The van der Waals surface area contributed by atoms with Gasteiger partial charge in [0, 0.05) is 11.6 Å². The minimum atomic E-state index is -0.281. The molecule has 0 atom stereocenters. The van der Waals surface area contributed by atoms with Crippen LogP contribution in [-0.2, 0) is 6.54 Å². The second kappa shape index (κ2) is 7.72. The van der Waals surface area contributed by atoms with E-state index < -0.39 is 0 Å². The predicted molar refractivity (Wildman–Crippen MR) is 87.9 cm³/mol. The van der Waals surface area contributed by atoms with Gasteiger partial charge in [0.05, 0.1) is 33.6 Å². The number of hydrogen-bond acceptors (Lipinski definition) is 6. The first-order chi connectivity index (χ1) is 11.5. The molecule has 1 aromatic carbocycles. The van der Waals surface area contributed by atoms with Crippen LogP contribution in [0, 0.1) is 0 Å². The molecule has 0 saturated heterocycles. The van der Waals surface area contributed by atoms with Gasteiger partial charge in [-0.15, -0.1) is 0 Å². The molecule has 0 aliphatic rings. The summed E-state index contributed by atoms with van der Waals surface area (Å²) in [5, 5.41) is 6.74. The first-order valence-corrected chi connectivity index (χ1v) is 7.53. The Morgan fingerprint density at radius 1 is 1.12 bits per heavy atom. The van der Waals surface area contributed by atoms with Crippen molar-refractivity contribution >= 4 is 5.91 Å². The highest BCUT2D eigenvalue weighted by Crippen LogP contribution is 2.38. The lowest BCUT2D eigenvalue weighted by molar-refractivity contribution is 0.0946. The van der Waals surface area contributed by atoms with E-state index in [-0.39, 0.29) is 18.4 Å². The number of carbonyl (C=O) groups is 1. The molecule has 1 heterocycles. The van der Waals surface area contributed by atoms with E-state index in [0.717, 1.165) is 5.69 Å². The van der Waals surface area contributed by atoms with Crippen LogP contribution in [-0.4, -0.2) is 32.4 Å². The average molecular weight is 334 g/mol. The van der Waals surface area contributed by atoms with Crippen LogP contribution in [0.15, 0.2) is 22.7 Å². The summed E-state index contributed by atoms with van der Waals surface area (Å²) >= 11 is 0. The highest BCUT2D eigenvalue weighted by atomic mass is 16.5. The molecule has 2 aromatic rings. The van der Waals surface area contributed by atoms with Crippen LogP contribution in [0.5, 0.6) is 17.2 Å². The third kappa shape index (κ3) is 3.79. The molecule has 1 amide bonds. The third-order valence-electron chi connectivity index (χ3n) is 3.52. The van der Waals surface area contributed by atoms with Gasteiger partial charge in [0.15, 0.2) is 17.3 Å². The molecule has 2 rings (SSSR count). The van der Waals surface area contributed by atoms with Crippen molar-refractivity contribution < 1.29 is 23.5 Å². The molecule has 1 aromatic heterocycles. The summed E-state index contributed by atoms with van der Waals surface area (Å²) in [6, 6.07) is 5.02. The summed E-state index contributed by atoms with van der Waals surface area (Å²) in [4.78, 5) is 12.4. The number of benzene rings is 1. The Morgan fingerprint density at radius 2 is 1.75 bits per heavy atom. The number of nitrogens with zero attached hydrogens (tertiary/aromatic N) is 1. The number of hydrogen-bond donors (Lipinski definition) is 1. The van der Waals surface area contributed by atoms with E-state index in [9.17, 15) is 4.79 Å². The maximum absolute atomic E-state index is 12.4. The van der Waals surface area contributed by atoms with Crippen molar-refractivity contribution in [1.82, 2.24) is 10.5 Å². The van der Waals surface area contributed by atoms with Crippen molar-refractivity contribution in [2.24, 2.45) is 0 Å². The van der Waals surface area contributed by atoms with Gasteiger partial charge >= 0.3 is 0 Å². The minimum absolute atomic E-state index is 0.245. The molecule has 7 nitrogen and oxygen atoms in total. The van der Waals surface area contributed by atoms with E-state index in [4.69, 9.17) is 18.7 Å². The lowest BCUT2D eigenvalue weighted by Crippen LogP contribution is -2.22. The highest BCUT2D eigenvalue weighted by molar-refractivity contribution is 5.95. The lowest BCUT2D eigenvalue weighted by Gasteiger charge is -2.13. The van der Waals surface area contributed by atoms with E-state index in [1.54, 1.807) is 12.1 Å². The Bertz CT molecular complexity index is 684. The zero-order valence-electron chi connectivity index (χ0n) is 14.5. The topological polar surface area (TPSA) is 82.8 Å². The summed E-state index contributed by atoms with van der Waals surface area (Å²) in [7, 11) is 4.51. The first-order valence-electron chi connectivity index (χ1n) is 7.53. The van der Waals surface area contributed by atoms with E-state index in [2.05, 4.69) is 10.5 Å². The number of amides is 1. The highest BCUT2D eigenvalue weighted by Gasteiger charge is 2.17. The van der Waals surface area contributed by atoms with Crippen molar-refractivity contribution in [3.05, 3.63) is 35.2 Å². The summed E-state index contributed by atoms with van der Waals surface area (Å²) in [6.45, 7) is 4.29. The van der Waals surface area contributed by atoms with Gasteiger partial charge < -0.3 is 24.1 Å². The SMILES string of the molecule is COc1cc(C(=O)NCc2cc(C(C)C)no2)cc(OC)c1OC. The number of methoxy groups -OCH3 is 3. The molecule has 0 bridgehead atoms. The number of aromatic nitrogens is 1. The third-order valence-corrected chi connectivity index (χ3v) is 3.52. The molecule has 130 valence electrons. The Morgan fingerprint density at radius 3 is 2.21 bits per heavy atom. The minimum Gasteiger partial charge on any atom is -0.493 e. The van der Waals surface area contributed by atoms with E-state index >= 15 is 0 Å². The molecule has 0 radical (unpaired) electrons. The fourth-order valence-corrected chi connectivity index (χ4v) is 2.17. The molecule has 1 N–H and O–H groups in total. The molecule has 0 aliphatic heterocycles. The molecule has 24 heavy (non-hydrogen) atoms. The van der Waals surface area contributed by atoms with Gasteiger partial charge in [0.1, 0.15) is 0 Å². The molecule has 0 aliphatic carbocycles. The van der Waals surface area contributed by atoms with Crippen LogP contribution < -0.4 is 19.5 Å². The van der Waals surface area contributed by atoms with Crippen LogP contribution >= 0.6 is 0 Å². The standard InChI is InChI=1S/C17H22N2O5/c1-10(2)13-8-12(24-19-13)9-18-17(20)11-6-14(21-3)16(23-5)15(7-11)22-4/h6-8,10H,9H2,1-5H3,(H,18,20). The zero-order valence-corrected chi connectivity index (χ0v) is 14.5. The Balaban J connectivity index is 2.14. The zero-order chi connectivity index (χ0) is 17.7. The van der Waals surface area contributed by atoms with E-state index in [1.165, 1.54) is 21.3 Å². The van der Waals surface area contributed by atoms with Gasteiger partial charge in [0.2, 0.25) is 5.75 Å². The molecule has 7 heteroatoms. The average Bonchev–Trinajstić information content (AvgIpc) is 3.07. The largest absolute Gasteiger partial charge is 0.493 e. The van der Waals surface area contributed by atoms with E-state index in [0.29, 0.717) is 28.6 Å². The summed E-state index contributed by atoms with van der Waals surface area (Å²) in [5.74, 6) is 1.87. The van der Waals surface area contributed by atoms with Crippen LogP contribution in [0.25, 0.3) is 0 Å². The predicted octanol–water partition coefficient (Wildman–Crippen LogP) is 2.75. The van der Waals surface area contributed by atoms with Gasteiger partial charge in [-0.2, -0.15) is 0 Å². The quantitative estimate of drug-likeness (QED) is 0.838. The lowest BCUT2D eigenvalue weighted by atomic mass is 10.1. The summed E-state index contributed by atoms with van der Waals surface area (Å²) < 4.78 is 20.9. The maximum atomic E-state index is 12.4. The van der Waals surface area contributed by atoms with Gasteiger partial charge in [0.25, 0.3) is 5.91 Å². The Labute approximate surface area is 140 Å². The normalized spacial score (nSPS) is 10.6. The summed E-state index contributed by atoms with van der Waals surface area (Å²) in [5.41, 5.74) is 1.25. The monoisotopic (exact) mass is 334 g/mol. The second-order valence-corrected chi connectivity index (χ2v) is 5.47. The molecule has 0 spiro atoms. The maximum Gasteiger partial charge on any atom is 0.251 e. The second-order valence-electron chi connectivity index (χ2n) is 5.47. The Hall–Kier alpha value is -2.70. The molecule has 0 saturated carbocycles. The molecular formula is C17H22N2O5. The van der Waals surface area contributed by atoms with Crippen molar-refractivity contribution in [3.8, 4) is 17.2 Å². The van der Waals surface area contributed by atoms with Crippen molar-refractivity contribution in [3.63, 3.8) is 0 Å². The first kappa shape index (κ1) is 17.7. The fraction of sp³-hybridized carbons (Fsp3) is 0.412. The van der Waals surface area contributed by atoms with E-state index in [1.807, 2.05) is 19.9 Å². The summed E-state index contributed by atoms with van der Waals surface area (Å²) in [6.07, 6.45) is 0. The number of nitrogens with one attached hydrogen (secondary N) is 1.